The van der Waals surface area contributed by atoms with Crippen LogP contribution in [0.3, 0.4) is 0 Å². The number of benzene rings is 11. The highest BCUT2D eigenvalue weighted by Crippen LogP contribution is 2.58. The van der Waals surface area contributed by atoms with Gasteiger partial charge in [0.2, 0.25) is 0 Å². The number of anilines is 3. The van der Waals surface area contributed by atoms with Crippen molar-refractivity contribution in [2.45, 2.75) is 10.8 Å². The highest BCUT2D eigenvalue weighted by atomic mass is 32.1. The zero-order valence-corrected chi connectivity index (χ0v) is 39.2. The summed E-state index contributed by atoms with van der Waals surface area (Å²) < 4.78 is 2.63. The molecule has 0 fully saturated rings. The third-order valence-corrected chi connectivity index (χ3v) is 16.4. The molecule has 328 valence electrons. The first kappa shape index (κ1) is 40.5. The number of rotatable bonds is 8. The average Bonchev–Trinajstić information content (AvgIpc) is 4.07. The van der Waals surface area contributed by atoms with Gasteiger partial charge in [-0.3, -0.25) is 0 Å². The molecule has 0 unspecified atom stereocenters. The fourth-order valence-electron chi connectivity index (χ4n) is 12.3. The van der Waals surface area contributed by atoms with Crippen molar-refractivity contribution >= 4 is 48.6 Å². The first-order valence-corrected chi connectivity index (χ1v) is 25.1. The summed E-state index contributed by atoms with van der Waals surface area (Å²) in [5.41, 5.74) is 20.1. The van der Waals surface area contributed by atoms with Crippen LogP contribution in [0.4, 0.5) is 17.1 Å². The van der Waals surface area contributed by atoms with Gasteiger partial charge in [-0.1, -0.05) is 218 Å². The molecule has 0 bridgehead atoms. The van der Waals surface area contributed by atoms with Crippen LogP contribution in [0.2, 0.25) is 0 Å². The standard InChI is InChI=1S/C68H45NS/c1-3-19-48(20-4-1)67(61-29-12-7-24-55(61)56-25-8-13-30-62(56)67)50-35-39-52(40-36-50)69(54-23-17-18-46(44-54)47-34-43-66-60(45-47)59-28-11-16-33-65(59)70-66)53-41-37-51(38-42-53)68(49-21-5-2-6-22-49)63-31-14-9-26-57(63)58-27-10-15-32-64(58)68/h1-45H. The van der Waals surface area contributed by atoms with Crippen LogP contribution in [0.5, 0.6) is 0 Å². The van der Waals surface area contributed by atoms with Crippen LogP contribution in [0.25, 0.3) is 53.6 Å². The van der Waals surface area contributed by atoms with Crippen molar-refractivity contribution in [3.8, 4) is 33.4 Å². The van der Waals surface area contributed by atoms with Gasteiger partial charge in [0.15, 0.2) is 0 Å². The fraction of sp³-hybridized carbons (Fsp3) is 0.0294. The molecule has 2 aliphatic carbocycles. The Morgan fingerprint density at radius 1 is 0.257 bits per heavy atom. The molecular weight excluding hydrogens is 863 g/mol. The molecule has 2 heteroatoms. The lowest BCUT2D eigenvalue weighted by Gasteiger charge is -2.35. The van der Waals surface area contributed by atoms with E-state index in [4.69, 9.17) is 0 Å². The van der Waals surface area contributed by atoms with E-state index in [9.17, 15) is 0 Å². The minimum atomic E-state index is -0.483. The quantitative estimate of drug-likeness (QED) is 0.147. The second kappa shape index (κ2) is 16.0. The molecule has 0 amide bonds. The van der Waals surface area contributed by atoms with Crippen molar-refractivity contribution in [2.75, 3.05) is 4.90 Å². The third-order valence-electron chi connectivity index (χ3n) is 15.2. The van der Waals surface area contributed by atoms with Crippen molar-refractivity contribution < 1.29 is 0 Å². The lowest BCUT2D eigenvalue weighted by Crippen LogP contribution is -2.28. The number of fused-ring (bicyclic) bond motifs is 9. The predicted molar refractivity (Wildman–Crippen MR) is 294 cm³/mol. The number of thiophene rings is 1. The van der Waals surface area contributed by atoms with Crippen molar-refractivity contribution in [3.63, 3.8) is 0 Å². The molecule has 0 aliphatic heterocycles. The molecular formula is C68H45NS. The largest absolute Gasteiger partial charge is 0.310 e. The molecule has 1 aromatic heterocycles. The molecule has 1 nitrogen and oxygen atoms in total. The second-order valence-electron chi connectivity index (χ2n) is 18.7. The van der Waals surface area contributed by atoms with E-state index in [0.717, 1.165) is 17.1 Å². The summed E-state index contributed by atoms with van der Waals surface area (Å²) >= 11 is 1.86. The van der Waals surface area contributed by atoms with Crippen LogP contribution < -0.4 is 4.90 Å². The summed E-state index contributed by atoms with van der Waals surface area (Å²) in [6.07, 6.45) is 0. The molecule has 11 aromatic carbocycles. The summed E-state index contributed by atoms with van der Waals surface area (Å²) in [6.45, 7) is 0. The van der Waals surface area contributed by atoms with Gasteiger partial charge in [0.1, 0.15) is 0 Å². The number of hydrogen-bond acceptors (Lipinski definition) is 2. The molecule has 0 radical (unpaired) electrons. The van der Waals surface area contributed by atoms with Crippen LogP contribution in [0.15, 0.2) is 273 Å². The zero-order chi connectivity index (χ0) is 46.2. The van der Waals surface area contributed by atoms with E-state index in [1.807, 2.05) is 11.3 Å². The third kappa shape index (κ3) is 5.90. The average molecular weight is 908 g/mol. The van der Waals surface area contributed by atoms with E-state index in [0.29, 0.717) is 0 Å². The topological polar surface area (TPSA) is 3.24 Å². The molecule has 0 atom stereocenters. The number of hydrogen-bond donors (Lipinski definition) is 0. The minimum Gasteiger partial charge on any atom is -0.310 e. The van der Waals surface area contributed by atoms with Gasteiger partial charge in [-0.2, -0.15) is 0 Å². The lowest BCUT2D eigenvalue weighted by molar-refractivity contribution is 0.768. The van der Waals surface area contributed by atoms with E-state index in [1.165, 1.54) is 98.1 Å². The molecule has 0 spiro atoms. The van der Waals surface area contributed by atoms with Crippen molar-refractivity contribution in [3.05, 3.63) is 317 Å². The van der Waals surface area contributed by atoms with Crippen LogP contribution >= 0.6 is 11.3 Å². The smallest absolute Gasteiger partial charge is 0.0713 e. The van der Waals surface area contributed by atoms with Crippen LogP contribution in [-0.2, 0) is 10.8 Å². The predicted octanol–water partition coefficient (Wildman–Crippen LogP) is 17.9. The Balaban J connectivity index is 0.950. The van der Waals surface area contributed by atoms with E-state index in [2.05, 4.69) is 278 Å². The normalized spacial score (nSPS) is 13.7. The summed E-state index contributed by atoms with van der Waals surface area (Å²) in [7, 11) is 0. The highest BCUT2D eigenvalue weighted by Gasteiger charge is 2.47. The first-order chi connectivity index (χ1) is 34.7. The molecule has 0 saturated carbocycles. The monoisotopic (exact) mass is 907 g/mol. The van der Waals surface area contributed by atoms with Gasteiger partial charge in [-0.25, -0.2) is 0 Å². The van der Waals surface area contributed by atoms with Crippen LogP contribution in [0.1, 0.15) is 44.5 Å². The van der Waals surface area contributed by atoms with Crippen molar-refractivity contribution in [1.82, 2.24) is 0 Å². The zero-order valence-electron chi connectivity index (χ0n) is 38.3. The van der Waals surface area contributed by atoms with Gasteiger partial charge in [0, 0.05) is 37.2 Å². The van der Waals surface area contributed by atoms with Crippen LogP contribution in [-0.4, -0.2) is 0 Å². The molecule has 0 saturated heterocycles. The van der Waals surface area contributed by atoms with E-state index in [-0.39, 0.29) is 0 Å². The second-order valence-corrected chi connectivity index (χ2v) is 19.8. The van der Waals surface area contributed by atoms with Crippen molar-refractivity contribution in [1.29, 1.82) is 0 Å². The number of nitrogens with zero attached hydrogens (tertiary/aromatic N) is 1. The minimum absolute atomic E-state index is 0.483. The SMILES string of the molecule is c1ccc(C2(c3ccc(N(c4ccc(C5(c6ccccc6)c6ccccc6-c6ccccc65)cc4)c4cccc(-c5ccc6sc7ccccc7c6c5)c4)cc3)c3ccccc3-c3ccccc32)cc1. The molecule has 14 rings (SSSR count). The molecule has 70 heavy (non-hydrogen) atoms. The molecule has 1 heterocycles. The van der Waals surface area contributed by atoms with E-state index < -0.39 is 10.8 Å². The lowest BCUT2D eigenvalue weighted by atomic mass is 9.67. The first-order valence-electron chi connectivity index (χ1n) is 24.2. The summed E-state index contributed by atoms with van der Waals surface area (Å²) in [5, 5.41) is 2.61. The van der Waals surface area contributed by atoms with Crippen molar-refractivity contribution in [2.24, 2.45) is 0 Å². The maximum Gasteiger partial charge on any atom is 0.0713 e. The summed E-state index contributed by atoms with van der Waals surface area (Å²) in [5.74, 6) is 0. The van der Waals surface area contributed by atoms with Gasteiger partial charge in [-0.15, -0.1) is 11.3 Å². The van der Waals surface area contributed by atoms with Gasteiger partial charge >= 0.3 is 0 Å². The Hall–Kier alpha value is -8.56. The Labute approximate surface area is 412 Å². The molecule has 0 N–H and O–H groups in total. The Morgan fingerprint density at radius 3 is 1.16 bits per heavy atom. The Morgan fingerprint density at radius 2 is 0.657 bits per heavy atom. The van der Waals surface area contributed by atoms with Crippen LogP contribution in [0, 0.1) is 0 Å². The van der Waals surface area contributed by atoms with E-state index >= 15 is 0 Å². The summed E-state index contributed by atoms with van der Waals surface area (Å²) in [6, 6.07) is 102. The Kier molecular flexibility index (Phi) is 9.27. The van der Waals surface area contributed by atoms with Gasteiger partial charge in [-0.05, 0) is 132 Å². The molecule has 12 aromatic rings. The van der Waals surface area contributed by atoms with Gasteiger partial charge < -0.3 is 4.90 Å². The maximum atomic E-state index is 2.44. The van der Waals surface area contributed by atoms with Gasteiger partial charge in [0.25, 0.3) is 0 Å². The Bertz CT molecular complexity index is 3670. The van der Waals surface area contributed by atoms with E-state index in [1.54, 1.807) is 0 Å². The fourth-order valence-corrected chi connectivity index (χ4v) is 13.4. The maximum absolute atomic E-state index is 2.44. The molecule has 2 aliphatic rings. The summed E-state index contributed by atoms with van der Waals surface area (Å²) in [4.78, 5) is 2.44. The highest BCUT2D eigenvalue weighted by molar-refractivity contribution is 7.25. The van der Waals surface area contributed by atoms with Gasteiger partial charge in [0.05, 0.1) is 10.8 Å².